The lowest BCUT2D eigenvalue weighted by atomic mass is 10.1. The predicted molar refractivity (Wildman–Crippen MR) is 110 cm³/mol. The summed E-state index contributed by atoms with van der Waals surface area (Å²) >= 11 is 0. The predicted octanol–water partition coefficient (Wildman–Crippen LogP) is 5.28. The lowest BCUT2D eigenvalue weighted by Gasteiger charge is -2.19. The Bertz CT molecular complexity index is 874. The van der Waals surface area contributed by atoms with Gasteiger partial charge >= 0.3 is 5.97 Å². The maximum absolute atomic E-state index is 12.4. The van der Waals surface area contributed by atoms with Gasteiger partial charge in [-0.3, -0.25) is 4.79 Å². The first kappa shape index (κ1) is 19.0. The lowest BCUT2D eigenvalue weighted by molar-refractivity contribution is -0.154. The molecule has 3 aromatic rings. The fourth-order valence-electron chi connectivity index (χ4n) is 3.12. The molecule has 0 aliphatic heterocycles. The molecule has 0 fully saturated rings. The summed E-state index contributed by atoms with van der Waals surface area (Å²) in [7, 11) is 0. The van der Waals surface area contributed by atoms with Crippen molar-refractivity contribution >= 4 is 5.97 Å². The Labute approximate surface area is 161 Å². The zero-order valence-electron chi connectivity index (χ0n) is 16.3. The summed E-state index contributed by atoms with van der Waals surface area (Å²) in [5, 5.41) is 0. The van der Waals surface area contributed by atoms with Crippen molar-refractivity contribution in [1.82, 2.24) is 4.57 Å². The molecule has 0 unspecified atom stereocenters. The van der Waals surface area contributed by atoms with Crippen molar-refractivity contribution in [3.8, 4) is 11.1 Å². The molecule has 1 heterocycles. The molecule has 0 aliphatic rings. The van der Waals surface area contributed by atoms with Gasteiger partial charge in [-0.15, -0.1) is 0 Å². The molecule has 0 amide bonds. The van der Waals surface area contributed by atoms with E-state index in [2.05, 4.69) is 53.2 Å². The molecular weight excluding hydrogens is 334 g/mol. The Morgan fingerprint density at radius 1 is 0.926 bits per heavy atom. The van der Waals surface area contributed by atoms with Gasteiger partial charge in [0.05, 0.1) is 6.42 Å². The molecule has 3 rings (SSSR count). The van der Waals surface area contributed by atoms with E-state index >= 15 is 0 Å². The summed E-state index contributed by atoms with van der Waals surface area (Å²) in [5.41, 5.74) is 4.08. The van der Waals surface area contributed by atoms with E-state index in [9.17, 15) is 4.79 Å². The second-order valence-electron chi connectivity index (χ2n) is 7.78. The van der Waals surface area contributed by atoms with Crippen molar-refractivity contribution in [1.29, 1.82) is 0 Å². The van der Waals surface area contributed by atoms with E-state index in [4.69, 9.17) is 4.74 Å². The van der Waals surface area contributed by atoms with Crippen molar-refractivity contribution < 1.29 is 9.53 Å². The molecule has 0 aliphatic carbocycles. The molecule has 1 aromatic heterocycles. The molecule has 0 saturated carbocycles. The summed E-state index contributed by atoms with van der Waals surface area (Å²) in [4.78, 5) is 12.4. The van der Waals surface area contributed by atoms with E-state index in [0.29, 0.717) is 0 Å². The Morgan fingerprint density at radius 2 is 1.56 bits per heavy atom. The Balaban J connectivity index is 1.82. The highest BCUT2D eigenvalue weighted by Gasteiger charge is 2.18. The van der Waals surface area contributed by atoms with Crippen molar-refractivity contribution in [3.63, 3.8) is 0 Å². The highest BCUT2D eigenvalue weighted by Crippen LogP contribution is 2.23. The number of ether oxygens (including phenoxy) is 1. The van der Waals surface area contributed by atoms with Crippen molar-refractivity contribution in [3.05, 3.63) is 84.2 Å². The summed E-state index contributed by atoms with van der Waals surface area (Å²) < 4.78 is 7.70. The third-order valence-electron chi connectivity index (χ3n) is 4.32. The number of carbonyl (C=O) groups excluding carboxylic acids is 1. The second kappa shape index (κ2) is 8.26. The monoisotopic (exact) mass is 361 g/mol. The van der Waals surface area contributed by atoms with E-state index in [1.54, 1.807) is 0 Å². The first-order valence-electron chi connectivity index (χ1n) is 9.41. The van der Waals surface area contributed by atoms with Crippen molar-refractivity contribution in [2.45, 2.75) is 45.8 Å². The van der Waals surface area contributed by atoms with Crippen LogP contribution in [0.15, 0.2) is 72.9 Å². The van der Waals surface area contributed by atoms with Crippen LogP contribution in [0.4, 0.5) is 0 Å². The molecule has 0 N–H and O–H groups in total. The molecule has 0 saturated heterocycles. The lowest BCUT2D eigenvalue weighted by Crippen LogP contribution is -2.25. The van der Waals surface area contributed by atoms with Gasteiger partial charge in [-0.2, -0.15) is 0 Å². The zero-order valence-corrected chi connectivity index (χ0v) is 16.3. The van der Waals surface area contributed by atoms with Crippen LogP contribution in [0.1, 0.15) is 32.0 Å². The van der Waals surface area contributed by atoms with Crippen LogP contribution in [0.2, 0.25) is 0 Å². The number of rotatable bonds is 6. The third kappa shape index (κ3) is 5.58. The standard InChI is InChI=1S/C24H27NO2/c1-24(2,3)27-23(26)17-22-16-21(20-12-8-5-9-13-20)18-25(22)15-14-19-10-6-4-7-11-19/h4-13,16,18H,14-15,17H2,1-3H3. The number of nitrogens with zero attached hydrogens (tertiary/aromatic N) is 1. The molecule has 0 bridgehead atoms. The van der Waals surface area contributed by atoms with Crippen LogP contribution in [0.25, 0.3) is 11.1 Å². The van der Waals surface area contributed by atoms with Crippen LogP contribution in [0.5, 0.6) is 0 Å². The first-order chi connectivity index (χ1) is 12.9. The Hall–Kier alpha value is -2.81. The van der Waals surface area contributed by atoms with Crippen molar-refractivity contribution in [2.75, 3.05) is 0 Å². The van der Waals surface area contributed by atoms with Crippen LogP contribution in [0, 0.1) is 0 Å². The van der Waals surface area contributed by atoms with Gasteiger partial charge in [0, 0.05) is 18.4 Å². The number of aromatic nitrogens is 1. The van der Waals surface area contributed by atoms with Gasteiger partial charge in [-0.05, 0) is 49.9 Å². The molecule has 27 heavy (non-hydrogen) atoms. The zero-order chi connectivity index (χ0) is 19.3. The topological polar surface area (TPSA) is 31.2 Å². The van der Waals surface area contributed by atoms with Gasteiger partial charge in [0.15, 0.2) is 0 Å². The fourth-order valence-corrected chi connectivity index (χ4v) is 3.12. The average molecular weight is 361 g/mol. The molecule has 3 nitrogen and oxygen atoms in total. The number of hydrogen-bond donors (Lipinski definition) is 0. The number of carbonyl (C=O) groups is 1. The fraction of sp³-hybridized carbons (Fsp3) is 0.292. The van der Waals surface area contributed by atoms with E-state index in [-0.39, 0.29) is 12.4 Å². The Morgan fingerprint density at radius 3 is 2.19 bits per heavy atom. The minimum Gasteiger partial charge on any atom is -0.460 e. The van der Waals surface area contributed by atoms with Gasteiger partial charge in [0.1, 0.15) is 5.60 Å². The number of aryl methyl sites for hydroxylation is 2. The summed E-state index contributed by atoms with van der Waals surface area (Å²) in [5.74, 6) is -0.193. The first-order valence-corrected chi connectivity index (χ1v) is 9.41. The summed E-state index contributed by atoms with van der Waals surface area (Å²) in [6.07, 6.45) is 3.34. The van der Waals surface area contributed by atoms with E-state index in [0.717, 1.165) is 29.8 Å². The van der Waals surface area contributed by atoms with Crippen LogP contribution < -0.4 is 0 Å². The normalized spacial score (nSPS) is 11.4. The summed E-state index contributed by atoms with van der Waals surface area (Å²) in [6, 6.07) is 22.8. The highest BCUT2D eigenvalue weighted by molar-refractivity contribution is 5.74. The SMILES string of the molecule is CC(C)(C)OC(=O)Cc1cc(-c2ccccc2)cn1CCc1ccccc1. The van der Waals surface area contributed by atoms with Gasteiger partial charge in [-0.1, -0.05) is 60.7 Å². The molecule has 3 heteroatoms. The van der Waals surface area contributed by atoms with Crippen molar-refractivity contribution in [2.24, 2.45) is 0 Å². The van der Waals surface area contributed by atoms with E-state index in [1.165, 1.54) is 5.56 Å². The smallest absolute Gasteiger partial charge is 0.312 e. The van der Waals surface area contributed by atoms with Gasteiger partial charge in [-0.25, -0.2) is 0 Å². The average Bonchev–Trinajstić information content (AvgIpc) is 3.02. The van der Waals surface area contributed by atoms with Gasteiger partial charge in [0.25, 0.3) is 0 Å². The van der Waals surface area contributed by atoms with Crippen LogP contribution >= 0.6 is 0 Å². The second-order valence-corrected chi connectivity index (χ2v) is 7.78. The molecule has 0 radical (unpaired) electrons. The largest absolute Gasteiger partial charge is 0.460 e. The number of esters is 1. The Kier molecular flexibility index (Phi) is 5.80. The third-order valence-corrected chi connectivity index (χ3v) is 4.32. The maximum Gasteiger partial charge on any atom is 0.312 e. The van der Waals surface area contributed by atoms with E-state index in [1.807, 2.05) is 45.0 Å². The minimum atomic E-state index is -0.471. The summed E-state index contributed by atoms with van der Waals surface area (Å²) in [6.45, 7) is 6.52. The van der Waals surface area contributed by atoms with E-state index < -0.39 is 5.60 Å². The van der Waals surface area contributed by atoms with Gasteiger partial charge in [0.2, 0.25) is 0 Å². The van der Waals surface area contributed by atoms with Crippen LogP contribution in [-0.2, 0) is 28.9 Å². The molecule has 0 spiro atoms. The van der Waals surface area contributed by atoms with Gasteiger partial charge < -0.3 is 9.30 Å². The maximum atomic E-state index is 12.4. The minimum absolute atomic E-state index is 0.193. The molecule has 2 aromatic carbocycles. The number of hydrogen-bond acceptors (Lipinski definition) is 2. The molecule has 0 atom stereocenters. The highest BCUT2D eigenvalue weighted by atomic mass is 16.6. The quantitative estimate of drug-likeness (QED) is 0.559. The van der Waals surface area contributed by atoms with Crippen LogP contribution in [-0.4, -0.2) is 16.1 Å². The number of benzene rings is 2. The molecular formula is C24H27NO2. The molecule has 140 valence electrons. The van der Waals surface area contributed by atoms with Crippen LogP contribution in [0.3, 0.4) is 0 Å².